The third-order valence-electron chi connectivity index (χ3n) is 5.79. The Morgan fingerprint density at radius 3 is 2.48 bits per heavy atom. The summed E-state index contributed by atoms with van der Waals surface area (Å²) in [5.41, 5.74) is 4.37. The monoisotopic (exact) mass is 474 g/mol. The summed E-state index contributed by atoms with van der Waals surface area (Å²) in [5, 5.41) is 0.480. The highest BCUT2D eigenvalue weighted by Crippen LogP contribution is 2.41. The first-order valence-corrected chi connectivity index (χ1v) is 10.7. The molecule has 1 aliphatic heterocycles. The second-order valence-corrected chi connectivity index (χ2v) is 8.85. The van der Waals surface area contributed by atoms with Crippen molar-refractivity contribution in [3.8, 4) is 0 Å². The smallest absolute Gasteiger partial charge is 0.296 e. The molecule has 0 fully saturated rings. The molecule has 0 aliphatic carbocycles. The van der Waals surface area contributed by atoms with E-state index in [0.717, 1.165) is 26.7 Å². The summed E-state index contributed by atoms with van der Waals surface area (Å²) in [7, 11) is 0. The zero-order valence-electron chi connectivity index (χ0n) is 17.3. The van der Waals surface area contributed by atoms with E-state index in [2.05, 4.69) is 20.9 Å². The van der Waals surface area contributed by atoms with Crippen LogP contribution in [0.15, 0.2) is 68.4 Å². The molecule has 3 heterocycles. The average molecular weight is 475 g/mol. The lowest BCUT2D eigenvalue weighted by molar-refractivity contribution is 0.0970. The number of pyridine rings is 1. The zero-order valence-corrected chi connectivity index (χ0v) is 18.9. The summed E-state index contributed by atoms with van der Waals surface area (Å²) >= 11 is 3.51. The van der Waals surface area contributed by atoms with Crippen LogP contribution in [0.2, 0.25) is 0 Å². The summed E-state index contributed by atoms with van der Waals surface area (Å²) in [6, 6.07) is 14.3. The molecule has 1 atom stereocenters. The number of carbonyl (C=O) groups excluding carboxylic acids is 1. The number of benzene rings is 2. The summed E-state index contributed by atoms with van der Waals surface area (Å²) in [6.07, 6.45) is 1.71. The van der Waals surface area contributed by atoms with Gasteiger partial charge in [0, 0.05) is 10.7 Å². The van der Waals surface area contributed by atoms with E-state index in [0.29, 0.717) is 22.4 Å². The number of carbonyl (C=O) groups is 1. The van der Waals surface area contributed by atoms with Gasteiger partial charge in [-0.15, -0.1) is 0 Å². The third-order valence-corrected chi connectivity index (χ3v) is 6.29. The van der Waals surface area contributed by atoms with Crippen LogP contribution in [0, 0.1) is 20.8 Å². The van der Waals surface area contributed by atoms with Gasteiger partial charge < -0.3 is 4.42 Å². The molecule has 6 heteroatoms. The van der Waals surface area contributed by atoms with Gasteiger partial charge in [-0.3, -0.25) is 14.5 Å². The minimum atomic E-state index is -0.627. The van der Waals surface area contributed by atoms with Crippen molar-refractivity contribution in [2.75, 3.05) is 4.90 Å². The number of rotatable bonds is 2. The highest BCUT2D eigenvalue weighted by Gasteiger charge is 2.44. The van der Waals surface area contributed by atoms with Gasteiger partial charge in [0.15, 0.2) is 5.43 Å². The first-order valence-electron chi connectivity index (χ1n) is 9.95. The zero-order chi connectivity index (χ0) is 21.9. The Labute approximate surface area is 187 Å². The van der Waals surface area contributed by atoms with Gasteiger partial charge in [-0.2, -0.15) is 0 Å². The quantitative estimate of drug-likeness (QED) is 0.377. The summed E-state index contributed by atoms with van der Waals surface area (Å²) in [4.78, 5) is 33.2. The van der Waals surface area contributed by atoms with Gasteiger partial charge in [0.25, 0.3) is 5.91 Å². The van der Waals surface area contributed by atoms with E-state index in [4.69, 9.17) is 4.42 Å². The molecule has 1 amide bonds. The van der Waals surface area contributed by atoms with Crippen LogP contribution in [-0.4, -0.2) is 10.9 Å². The standard InChI is InChI=1S/C25H19BrN2O3/c1-13-7-8-20(27-12-13)28-22(16-5-4-6-17(26)11-16)21-23(29)18-9-14(2)15(3)10-19(18)31-24(21)25(28)30/h4-12,22H,1-3H3. The number of hydrogen-bond acceptors (Lipinski definition) is 4. The fourth-order valence-corrected chi connectivity index (χ4v) is 4.48. The maximum atomic E-state index is 13.7. The third kappa shape index (κ3) is 3.10. The van der Waals surface area contributed by atoms with Crippen LogP contribution < -0.4 is 10.3 Å². The molecule has 4 aromatic rings. The Kier molecular flexibility index (Phi) is 4.55. The molecule has 0 N–H and O–H groups in total. The van der Waals surface area contributed by atoms with Crippen molar-refractivity contribution in [2.24, 2.45) is 0 Å². The highest BCUT2D eigenvalue weighted by molar-refractivity contribution is 9.10. The van der Waals surface area contributed by atoms with Crippen LogP contribution in [0.3, 0.4) is 0 Å². The molecule has 0 saturated heterocycles. The van der Waals surface area contributed by atoms with E-state index in [1.165, 1.54) is 0 Å². The van der Waals surface area contributed by atoms with E-state index in [-0.39, 0.29) is 17.1 Å². The van der Waals surface area contributed by atoms with Crippen molar-refractivity contribution in [1.29, 1.82) is 0 Å². The molecule has 5 nitrogen and oxygen atoms in total. The molecule has 0 bridgehead atoms. The molecule has 1 unspecified atom stereocenters. The van der Waals surface area contributed by atoms with E-state index in [1.54, 1.807) is 17.2 Å². The summed E-state index contributed by atoms with van der Waals surface area (Å²) in [6.45, 7) is 5.85. The molecular formula is C25H19BrN2O3. The lowest BCUT2D eigenvalue weighted by Crippen LogP contribution is -2.30. The Bertz CT molecular complexity index is 1420. The van der Waals surface area contributed by atoms with E-state index in [9.17, 15) is 9.59 Å². The molecule has 1 aliphatic rings. The van der Waals surface area contributed by atoms with Crippen molar-refractivity contribution < 1.29 is 9.21 Å². The number of halogens is 1. The first kappa shape index (κ1) is 19.7. The minimum absolute atomic E-state index is 0.0769. The predicted octanol–water partition coefficient (Wildman–Crippen LogP) is 5.63. The van der Waals surface area contributed by atoms with Gasteiger partial charge in [-0.25, -0.2) is 4.98 Å². The van der Waals surface area contributed by atoms with Crippen molar-refractivity contribution >= 4 is 38.6 Å². The molecule has 31 heavy (non-hydrogen) atoms. The molecule has 2 aromatic heterocycles. The van der Waals surface area contributed by atoms with Gasteiger partial charge in [-0.1, -0.05) is 34.1 Å². The van der Waals surface area contributed by atoms with Gasteiger partial charge >= 0.3 is 0 Å². The number of fused-ring (bicyclic) bond motifs is 2. The normalized spacial score (nSPS) is 15.5. The Hall–Kier alpha value is -3.25. The van der Waals surface area contributed by atoms with Crippen LogP contribution in [-0.2, 0) is 0 Å². The topological polar surface area (TPSA) is 63.4 Å². The van der Waals surface area contributed by atoms with E-state index in [1.807, 2.05) is 63.2 Å². The number of nitrogens with zero attached hydrogens (tertiary/aromatic N) is 2. The van der Waals surface area contributed by atoms with Crippen molar-refractivity contribution in [2.45, 2.75) is 26.8 Å². The lowest BCUT2D eigenvalue weighted by atomic mass is 9.97. The first-order chi connectivity index (χ1) is 14.8. The largest absolute Gasteiger partial charge is 0.450 e. The summed E-state index contributed by atoms with van der Waals surface area (Å²) in [5.74, 6) is 0.185. The van der Waals surface area contributed by atoms with Crippen LogP contribution in [0.25, 0.3) is 11.0 Å². The van der Waals surface area contributed by atoms with E-state index >= 15 is 0 Å². The van der Waals surface area contributed by atoms with Crippen LogP contribution in [0.1, 0.15) is 44.4 Å². The highest BCUT2D eigenvalue weighted by atomic mass is 79.9. The Morgan fingerprint density at radius 1 is 1.00 bits per heavy atom. The van der Waals surface area contributed by atoms with Gasteiger partial charge in [0.1, 0.15) is 11.4 Å². The second kappa shape index (κ2) is 7.17. The maximum absolute atomic E-state index is 13.7. The molecule has 0 saturated carbocycles. The number of aromatic nitrogens is 1. The predicted molar refractivity (Wildman–Crippen MR) is 124 cm³/mol. The van der Waals surface area contributed by atoms with Gasteiger partial charge in [0.05, 0.1) is 17.0 Å². The molecule has 5 rings (SSSR count). The number of amides is 1. The number of aryl methyl sites for hydroxylation is 3. The Morgan fingerprint density at radius 2 is 1.77 bits per heavy atom. The molecular weight excluding hydrogens is 456 g/mol. The van der Waals surface area contributed by atoms with Crippen LogP contribution in [0.5, 0.6) is 0 Å². The molecule has 2 aromatic carbocycles. The molecule has 154 valence electrons. The van der Waals surface area contributed by atoms with Gasteiger partial charge in [-0.05, 0) is 73.4 Å². The minimum Gasteiger partial charge on any atom is -0.450 e. The van der Waals surface area contributed by atoms with E-state index < -0.39 is 6.04 Å². The van der Waals surface area contributed by atoms with Crippen LogP contribution in [0.4, 0.5) is 5.82 Å². The number of hydrogen-bond donors (Lipinski definition) is 0. The Balaban J connectivity index is 1.83. The lowest BCUT2D eigenvalue weighted by Gasteiger charge is -2.24. The second-order valence-electron chi connectivity index (χ2n) is 7.93. The van der Waals surface area contributed by atoms with Crippen molar-refractivity contribution in [3.05, 3.63) is 103 Å². The average Bonchev–Trinajstić information content (AvgIpc) is 3.03. The molecule has 0 spiro atoms. The molecule has 0 radical (unpaired) electrons. The maximum Gasteiger partial charge on any atom is 0.296 e. The van der Waals surface area contributed by atoms with Gasteiger partial charge in [0.2, 0.25) is 5.76 Å². The van der Waals surface area contributed by atoms with Crippen molar-refractivity contribution in [3.63, 3.8) is 0 Å². The SMILES string of the molecule is Cc1ccc(N2C(=O)c3oc4cc(C)c(C)cc4c(=O)c3C2c2cccc(Br)c2)nc1. The van der Waals surface area contributed by atoms with Crippen LogP contribution >= 0.6 is 15.9 Å². The summed E-state index contributed by atoms with van der Waals surface area (Å²) < 4.78 is 6.92. The fourth-order valence-electron chi connectivity index (χ4n) is 4.06. The fraction of sp³-hybridized carbons (Fsp3) is 0.160. The number of anilines is 1. The van der Waals surface area contributed by atoms with Crippen molar-refractivity contribution in [1.82, 2.24) is 4.98 Å².